The number of nitrogens with zero attached hydrogens (tertiary/aromatic N) is 1. The molecular weight excluding hydrogens is 244 g/mol. The van der Waals surface area contributed by atoms with Crippen LogP contribution in [0.3, 0.4) is 0 Å². The lowest BCUT2D eigenvalue weighted by atomic mass is 9.99. The summed E-state index contributed by atoms with van der Waals surface area (Å²) in [5.74, 6) is 0.929. The molecule has 1 N–H and O–H groups in total. The third-order valence-corrected chi connectivity index (χ3v) is 5.13. The molecule has 1 aromatic rings. The van der Waals surface area contributed by atoms with Gasteiger partial charge in [0.25, 0.3) is 0 Å². The Bertz CT molecular complexity index is 397. The van der Waals surface area contributed by atoms with Gasteiger partial charge in [-0.05, 0) is 37.7 Å². The van der Waals surface area contributed by atoms with E-state index >= 15 is 0 Å². The van der Waals surface area contributed by atoms with Crippen LogP contribution in [0.5, 0.6) is 0 Å². The smallest absolute Gasteiger partial charge is 0.0234 e. The van der Waals surface area contributed by atoms with E-state index in [1.807, 2.05) is 0 Å². The first-order valence-electron chi connectivity index (χ1n) is 8.33. The molecule has 1 saturated heterocycles. The SMILES string of the molecule is C[C@@H](NC1CCN(Cc2ccccc2)C1)C1CCCC1. The average Bonchev–Trinajstić information content (AvgIpc) is 3.11. The lowest BCUT2D eigenvalue weighted by Crippen LogP contribution is -2.41. The summed E-state index contributed by atoms with van der Waals surface area (Å²) in [6, 6.07) is 12.3. The van der Waals surface area contributed by atoms with Crippen LogP contribution in [-0.2, 0) is 6.54 Å². The molecule has 0 amide bonds. The summed E-state index contributed by atoms with van der Waals surface area (Å²) in [6.45, 7) is 5.96. The number of benzene rings is 1. The first-order valence-corrected chi connectivity index (χ1v) is 8.33. The van der Waals surface area contributed by atoms with Crippen molar-refractivity contribution in [2.24, 2.45) is 5.92 Å². The Balaban J connectivity index is 1.44. The van der Waals surface area contributed by atoms with Gasteiger partial charge in [0.2, 0.25) is 0 Å². The third-order valence-electron chi connectivity index (χ3n) is 5.13. The molecule has 1 saturated carbocycles. The van der Waals surface area contributed by atoms with Crippen molar-refractivity contribution in [2.75, 3.05) is 13.1 Å². The fourth-order valence-electron chi connectivity index (χ4n) is 3.92. The van der Waals surface area contributed by atoms with Crippen LogP contribution in [0.2, 0.25) is 0 Å². The van der Waals surface area contributed by atoms with Gasteiger partial charge in [-0.1, -0.05) is 43.2 Å². The van der Waals surface area contributed by atoms with E-state index in [4.69, 9.17) is 0 Å². The second-order valence-electron chi connectivity index (χ2n) is 6.71. The molecule has 3 rings (SSSR count). The minimum Gasteiger partial charge on any atom is -0.310 e. The van der Waals surface area contributed by atoms with Gasteiger partial charge in [0.15, 0.2) is 0 Å². The maximum absolute atomic E-state index is 3.89. The van der Waals surface area contributed by atoms with Crippen molar-refractivity contribution < 1.29 is 0 Å². The van der Waals surface area contributed by atoms with Gasteiger partial charge in [0, 0.05) is 31.7 Å². The fraction of sp³-hybridized carbons (Fsp3) is 0.667. The van der Waals surface area contributed by atoms with Crippen LogP contribution in [0, 0.1) is 5.92 Å². The average molecular weight is 272 g/mol. The minimum absolute atomic E-state index is 0.703. The second kappa shape index (κ2) is 6.73. The highest BCUT2D eigenvalue weighted by Crippen LogP contribution is 2.28. The van der Waals surface area contributed by atoms with E-state index in [0.717, 1.165) is 12.5 Å². The first-order chi connectivity index (χ1) is 9.81. The van der Waals surface area contributed by atoms with Crippen LogP contribution in [0.25, 0.3) is 0 Å². The highest BCUT2D eigenvalue weighted by atomic mass is 15.2. The summed E-state index contributed by atoms with van der Waals surface area (Å²) < 4.78 is 0. The maximum Gasteiger partial charge on any atom is 0.0234 e. The van der Waals surface area contributed by atoms with Gasteiger partial charge in [-0.15, -0.1) is 0 Å². The summed E-state index contributed by atoms with van der Waals surface area (Å²) in [7, 11) is 0. The van der Waals surface area contributed by atoms with Crippen molar-refractivity contribution >= 4 is 0 Å². The summed E-state index contributed by atoms with van der Waals surface area (Å²) in [5, 5.41) is 3.89. The highest BCUT2D eigenvalue weighted by molar-refractivity contribution is 5.14. The summed E-state index contributed by atoms with van der Waals surface area (Å²) in [4.78, 5) is 2.59. The van der Waals surface area contributed by atoms with E-state index in [2.05, 4.69) is 47.5 Å². The van der Waals surface area contributed by atoms with E-state index < -0.39 is 0 Å². The van der Waals surface area contributed by atoms with E-state index in [1.54, 1.807) is 0 Å². The molecule has 1 heterocycles. The molecule has 1 unspecified atom stereocenters. The predicted molar refractivity (Wildman–Crippen MR) is 84.7 cm³/mol. The molecule has 110 valence electrons. The molecule has 1 aliphatic heterocycles. The van der Waals surface area contributed by atoms with Crippen molar-refractivity contribution in [1.82, 2.24) is 10.2 Å². The number of rotatable bonds is 5. The van der Waals surface area contributed by atoms with Gasteiger partial charge >= 0.3 is 0 Å². The van der Waals surface area contributed by atoms with Crippen molar-refractivity contribution in [3.63, 3.8) is 0 Å². The lowest BCUT2D eigenvalue weighted by Gasteiger charge is -2.25. The van der Waals surface area contributed by atoms with Crippen LogP contribution < -0.4 is 5.32 Å². The van der Waals surface area contributed by atoms with Crippen molar-refractivity contribution in [1.29, 1.82) is 0 Å². The molecule has 2 fully saturated rings. The molecule has 0 aromatic heterocycles. The van der Waals surface area contributed by atoms with Crippen LogP contribution in [-0.4, -0.2) is 30.1 Å². The molecule has 2 heteroatoms. The Hall–Kier alpha value is -0.860. The number of hydrogen-bond donors (Lipinski definition) is 1. The Morgan fingerprint density at radius 1 is 1.15 bits per heavy atom. The van der Waals surface area contributed by atoms with Gasteiger partial charge in [-0.25, -0.2) is 0 Å². The van der Waals surface area contributed by atoms with Crippen molar-refractivity contribution in [2.45, 2.75) is 57.7 Å². The molecule has 2 atom stereocenters. The molecular formula is C18H28N2. The zero-order valence-electron chi connectivity index (χ0n) is 12.7. The Morgan fingerprint density at radius 3 is 2.65 bits per heavy atom. The van der Waals surface area contributed by atoms with E-state index in [-0.39, 0.29) is 0 Å². The van der Waals surface area contributed by atoms with Gasteiger partial charge in [0.1, 0.15) is 0 Å². The summed E-state index contributed by atoms with van der Waals surface area (Å²) in [6.07, 6.45) is 7.08. The summed E-state index contributed by atoms with van der Waals surface area (Å²) in [5.41, 5.74) is 1.44. The van der Waals surface area contributed by atoms with Crippen molar-refractivity contribution in [3.8, 4) is 0 Å². The van der Waals surface area contributed by atoms with Crippen molar-refractivity contribution in [3.05, 3.63) is 35.9 Å². The number of nitrogens with one attached hydrogen (secondary N) is 1. The van der Waals surface area contributed by atoms with Crippen LogP contribution in [0.15, 0.2) is 30.3 Å². The zero-order chi connectivity index (χ0) is 13.8. The van der Waals surface area contributed by atoms with Crippen LogP contribution >= 0.6 is 0 Å². The largest absolute Gasteiger partial charge is 0.310 e. The monoisotopic (exact) mass is 272 g/mol. The van der Waals surface area contributed by atoms with E-state index in [9.17, 15) is 0 Å². The predicted octanol–water partition coefficient (Wildman–Crippen LogP) is 3.43. The van der Waals surface area contributed by atoms with E-state index in [0.29, 0.717) is 12.1 Å². The molecule has 0 radical (unpaired) electrons. The lowest BCUT2D eigenvalue weighted by molar-refractivity contribution is 0.300. The standard InChI is InChI=1S/C18H28N2/c1-15(17-9-5-6-10-17)19-18-11-12-20(14-18)13-16-7-3-2-4-8-16/h2-4,7-8,15,17-19H,5-6,9-14H2,1H3/t15-,18?/m1/s1. The fourth-order valence-corrected chi connectivity index (χ4v) is 3.92. The quantitative estimate of drug-likeness (QED) is 0.883. The second-order valence-corrected chi connectivity index (χ2v) is 6.71. The Morgan fingerprint density at radius 2 is 1.90 bits per heavy atom. The minimum atomic E-state index is 0.703. The molecule has 2 nitrogen and oxygen atoms in total. The van der Waals surface area contributed by atoms with Gasteiger partial charge in [-0.3, -0.25) is 4.90 Å². The molecule has 1 aliphatic carbocycles. The topological polar surface area (TPSA) is 15.3 Å². The number of likely N-dealkylation sites (tertiary alicyclic amines) is 1. The van der Waals surface area contributed by atoms with E-state index in [1.165, 1.54) is 50.8 Å². The Labute approximate surface area is 123 Å². The molecule has 0 bridgehead atoms. The van der Waals surface area contributed by atoms with Crippen LogP contribution in [0.1, 0.15) is 44.6 Å². The number of hydrogen-bond acceptors (Lipinski definition) is 2. The normalized spacial score (nSPS) is 26.1. The third kappa shape index (κ3) is 3.62. The van der Waals surface area contributed by atoms with Gasteiger partial charge in [0.05, 0.1) is 0 Å². The molecule has 20 heavy (non-hydrogen) atoms. The highest BCUT2D eigenvalue weighted by Gasteiger charge is 2.27. The Kier molecular flexibility index (Phi) is 4.74. The maximum atomic E-state index is 3.89. The molecule has 2 aliphatic rings. The summed E-state index contributed by atoms with van der Waals surface area (Å²) >= 11 is 0. The van der Waals surface area contributed by atoms with Gasteiger partial charge < -0.3 is 5.32 Å². The zero-order valence-corrected chi connectivity index (χ0v) is 12.7. The first kappa shape index (κ1) is 14.1. The van der Waals surface area contributed by atoms with Crippen LogP contribution in [0.4, 0.5) is 0 Å². The molecule has 0 spiro atoms. The molecule has 1 aromatic carbocycles. The van der Waals surface area contributed by atoms with Gasteiger partial charge in [-0.2, -0.15) is 0 Å².